The van der Waals surface area contributed by atoms with Gasteiger partial charge in [0.05, 0.1) is 27.8 Å². The van der Waals surface area contributed by atoms with Crippen molar-refractivity contribution in [2.45, 2.75) is 44.7 Å². The van der Waals surface area contributed by atoms with E-state index in [0.717, 1.165) is 25.3 Å². The quantitative estimate of drug-likeness (QED) is 0.687. The Bertz CT molecular complexity index is 1080. The normalized spacial score (nSPS) is 19.5. The molecule has 0 bridgehead atoms. The molecular weight excluding hydrogens is 413 g/mol. The van der Waals surface area contributed by atoms with Crippen LogP contribution in [-0.4, -0.2) is 41.5 Å². The molecule has 1 aliphatic carbocycles. The molecule has 1 saturated carbocycles. The van der Waals surface area contributed by atoms with Crippen LogP contribution in [0.3, 0.4) is 0 Å². The number of nitrogens with one attached hydrogen (secondary N) is 1. The third-order valence-corrected chi connectivity index (χ3v) is 6.82. The lowest BCUT2D eigenvalue weighted by molar-refractivity contribution is 0.143. The van der Waals surface area contributed by atoms with E-state index in [1.807, 2.05) is 11.9 Å². The zero-order valence-electron chi connectivity index (χ0n) is 17.2. The van der Waals surface area contributed by atoms with Crippen molar-refractivity contribution in [3.63, 3.8) is 0 Å². The second-order valence-corrected chi connectivity index (χ2v) is 9.03. The van der Waals surface area contributed by atoms with Crippen LogP contribution in [-0.2, 0) is 0 Å². The number of anilines is 1. The summed E-state index contributed by atoms with van der Waals surface area (Å²) in [5.41, 5.74) is -0.0746. The summed E-state index contributed by atoms with van der Waals surface area (Å²) in [6.45, 7) is 5.54. The number of hydrogen-bond acceptors (Lipinski definition) is 5. The summed E-state index contributed by atoms with van der Waals surface area (Å²) in [6.07, 6.45) is 2.42. The third kappa shape index (κ3) is 3.52. The highest BCUT2D eigenvalue weighted by molar-refractivity contribution is 6.38. The zero-order valence-corrected chi connectivity index (χ0v) is 17.9. The molecule has 1 aromatic heterocycles. The van der Waals surface area contributed by atoms with Crippen LogP contribution in [0.4, 0.5) is 14.9 Å². The highest BCUT2D eigenvalue weighted by Crippen LogP contribution is 2.44. The summed E-state index contributed by atoms with van der Waals surface area (Å²) in [5, 5.41) is 12.5. The third-order valence-electron chi connectivity index (χ3n) is 6.46. The molecule has 0 unspecified atom stereocenters. The van der Waals surface area contributed by atoms with Crippen LogP contribution in [0.25, 0.3) is 10.9 Å². The number of carbonyl (C=O) groups is 1. The minimum absolute atomic E-state index is 0.0261. The van der Waals surface area contributed by atoms with Crippen LogP contribution in [0.5, 0.6) is 5.75 Å². The van der Waals surface area contributed by atoms with Crippen molar-refractivity contribution < 1.29 is 19.0 Å². The fourth-order valence-corrected chi connectivity index (χ4v) is 4.67. The fraction of sp³-hybridized carbons (Fsp3) is 0.524. The number of benzene rings is 1. The van der Waals surface area contributed by atoms with Gasteiger partial charge in [-0.1, -0.05) is 11.6 Å². The smallest absolute Gasteiger partial charge is 0.449 e. The number of pyridine rings is 1. The van der Waals surface area contributed by atoms with Gasteiger partial charge in [-0.25, -0.2) is 9.18 Å². The Kier molecular flexibility index (Phi) is 5.18. The van der Waals surface area contributed by atoms with Crippen molar-refractivity contribution >= 4 is 34.3 Å². The molecule has 1 atom stereocenters. The maximum Gasteiger partial charge on any atom is 0.511 e. The van der Waals surface area contributed by atoms with Crippen molar-refractivity contribution in [1.29, 1.82) is 0 Å². The second kappa shape index (κ2) is 7.42. The van der Waals surface area contributed by atoms with Crippen LogP contribution in [0.15, 0.2) is 17.1 Å². The maximum absolute atomic E-state index is 15.2. The van der Waals surface area contributed by atoms with E-state index < -0.39 is 17.4 Å². The predicted molar refractivity (Wildman–Crippen MR) is 114 cm³/mol. The average Bonchev–Trinajstić information content (AvgIpc) is 3.40. The van der Waals surface area contributed by atoms with Crippen molar-refractivity contribution in [3.05, 3.63) is 33.3 Å². The molecule has 2 N–H and O–H groups in total. The number of rotatable bonds is 5. The molecule has 162 valence electrons. The molecule has 2 aliphatic rings. The summed E-state index contributed by atoms with van der Waals surface area (Å²) in [7, 11) is 1.91. The van der Waals surface area contributed by atoms with E-state index >= 15 is 4.39 Å². The van der Waals surface area contributed by atoms with Crippen molar-refractivity contribution in [3.8, 4) is 5.75 Å². The average molecular weight is 438 g/mol. The topological polar surface area (TPSA) is 83.8 Å². The number of ether oxygens (including phenoxy) is 1. The Morgan fingerprint density at radius 3 is 2.67 bits per heavy atom. The number of halogens is 2. The highest BCUT2D eigenvalue weighted by Gasteiger charge is 2.37. The van der Waals surface area contributed by atoms with E-state index in [9.17, 15) is 9.59 Å². The monoisotopic (exact) mass is 437 g/mol. The van der Waals surface area contributed by atoms with Gasteiger partial charge in [0.2, 0.25) is 5.43 Å². The Morgan fingerprint density at radius 2 is 2.07 bits per heavy atom. The number of aromatic nitrogens is 1. The molecule has 0 amide bonds. The lowest BCUT2D eigenvalue weighted by Crippen LogP contribution is -2.45. The van der Waals surface area contributed by atoms with Gasteiger partial charge in [0.1, 0.15) is 5.82 Å². The Morgan fingerprint density at radius 1 is 1.37 bits per heavy atom. The molecule has 2 aromatic rings. The molecule has 1 aromatic carbocycles. The van der Waals surface area contributed by atoms with Crippen molar-refractivity contribution in [2.24, 2.45) is 5.92 Å². The molecule has 0 radical (unpaired) electrons. The number of fused-ring (bicyclic) bond motifs is 1. The van der Waals surface area contributed by atoms with Crippen molar-refractivity contribution in [1.82, 2.24) is 9.88 Å². The minimum atomic E-state index is -1.59. The first-order valence-electron chi connectivity index (χ1n) is 10.1. The van der Waals surface area contributed by atoms with Crippen LogP contribution in [0, 0.1) is 11.7 Å². The van der Waals surface area contributed by atoms with Gasteiger partial charge in [0.15, 0.2) is 5.75 Å². The van der Waals surface area contributed by atoms with Gasteiger partial charge < -0.3 is 24.6 Å². The Labute approximate surface area is 178 Å². The second-order valence-electron chi connectivity index (χ2n) is 8.65. The molecule has 2 fully saturated rings. The van der Waals surface area contributed by atoms with E-state index in [1.165, 1.54) is 6.20 Å². The molecule has 4 rings (SSSR count). The first kappa shape index (κ1) is 20.9. The summed E-state index contributed by atoms with van der Waals surface area (Å²) >= 11 is 6.72. The lowest BCUT2D eigenvalue weighted by atomic mass is 9.87. The van der Waals surface area contributed by atoms with E-state index in [-0.39, 0.29) is 27.7 Å². The lowest BCUT2D eigenvalue weighted by Gasteiger charge is -2.32. The van der Waals surface area contributed by atoms with Crippen LogP contribution in [0.2, 0.25) is 5.02 Å². The van der Waals surface area contributed by atoms with E-state index in [2.05, 4.69) is 23.9 Å². The number of hydrogen-bond donors (Lipinski definition) is 2. The first-order chi connectivity index (χ1) is 14.1. The number of carboxylic acid groups (broad SMARTS) is 1. The fourth-order valence-electron chi connectivity index (χ4n) is 4.26. The van der Waals surface area contributed by atoms with E-state index in [1.54, 1.807) is 4.57 Å². The van der Waals surface area contributed by atoms with E-state index in [4.69, 9.17) is 16.7 Å². The van der Waals surface area contributed by atoms with Crippen molar-refractivity contribution in [2.75, 3.05) is 25.0 Å². The molecule has 1 saturated heterocycles. The predicted octanol–water partition coefficient (Wildman–Crippen LogP) is 4.01. The Balaban J connectivity index is 1.85. The molecule has 2 heterocycles. The summed E-state index contributed by atoms with van der Waals surface area (Å²) in [6, 6.07) is 1.23. The van der Waals surface area contributed by atoms with Gasteiger partial charge in [-0.2, -0.15) is 0 Å². The van der Waals surface area contributed by atoms with Gasteiger partial charge in [0.25, 0.3) is 0 Å². The molecule has 9 heteroatoms. The van der Waals surface area contributed by atoms with Crippen LogP contribution in [0.1, 0.15) is 39.2 Å². The largest absolute Gasteiger partial charge is 0.511 e. The maximum atomic E-state index is 15.2. The molecule has 1 aliphatic heterocycles. The van der Waals surface area contributed by atoms with Gasteiger partial charge in [-0.05, 0) is 52.1 Å². The summed E-state index contributed by atoms with van der Waals surface area (Å²) in [4.78, 5) is 25.7. The Hall–Kier alpha value is -2.32. The first-order valence-corrected chi connectivity index (χ1v) is 10.4. The van der Waals surface area contributed by atoms with Gasteiger partial charge in [-0.3, -0.25) is 4.79 Å². The van der Waals surface area contributed by atoms with Gasteiger partial charge in [0, 0.05) is 24.7 Å². The van der Waals surface area contributed by atoms with Crippen LogP contribution < -0.4 is 20.4 Å². The minimum Gasteiger partial charge on any atom is -0.449 e. The summed E-state index contributed by atoms with van der Waals surface area (Å²) < 4.78 is 21.6. The highest BCUT2D eigenvalue weighted by atomic mass is 35.5. The molecule has 0 spiro atoms. The zero-order chi connectivity index (χ0) is 21.8. The SMILES string of the molecule is CNC(C)(C)[C@@H]1CCN(c2c(F)cc3c(=O)c(OC(=O)O)cn(C4CC4)c3c2Cl)C1. The van der Waals surface area contributed by atoms with Crippen LogP contribution >= 0.6 is 11.6 Å². The summed E-state index contributed by atoms with van der Waals surface area (Å²) in [5.74, 6) is -0.630. The molecule has 30 heavy (non-hydrogen) atoms. The van der Waals surface area contributed by atoms with Gasteiger partial charge >= 0.3 is 6.16 Å². The van der Waals surface area contributed by atoms with E-state index in [0.29, 0.717) is 30.2 Å². The molecular formula is C21H25ClFN3O4. The number of nitrogens with zero attached hydrogens (tertiary/aromatic N) is 2. The van der Waals surface area contributed by atoms with Gasteiger partial charge in [-0.15, -0.1) is 0 Å². The molecule has 7 nitrogen and oxygen atoms in total. The standard InChI is InChI=1S/C21H25ClFN3O4/c1-21(2,24-3)11-6-7-25(9-11)18-14(23)8-13-17(16(18)22)26(12-4-5-12)10-15(19(13)27)30-20(28)29/h8,10-12,24H,4-7,9H2,1-3H3,(H,28,29)/t11-/m1/s1.